The number of nitrogens with one attached hydrogen (secondary N) is 1. The summed E-state index contributed by atoms with van der Waals surface area (Å²) in [6.45, 7) is 5.48. The molecule has 0 aliphatic carbocycles. The Kier molecular flexibility index (Phi) is 3.34. The van der Waals surface area contributed by atoms with Gasteiger partial charge < -0.3 is 15.0 Å². The first kappa shape index (κ1) is 11.3. The molecule has 1 saturated heterocycles. The van der Waals surface area contributed by atoms with Gasteiger partial charge in [-0.15, -0.1) is 0 Å². The van der Waals surface area contributed by atoms with Crippen LogP contribution in [0.5, 0.6) is 5.75 Å². The third-order valence-corrected chi connectivity index (χ3v) is 3.14. The Morgan fingerprint density at radius 3 is 2.75 bits per heavy atom. The van der Waals surface area contributed by atoms with Crippen molar-refractivity contribution in [2.45, 2.75) is 6.92 Å². The molecule has 0 spiro atoms. The third kappa shape index (κ3) is 2.30. The summed E-state index contributed by atoms with van der Waals surface area (Å²) in [5.74, 6) is 1.73. The standard InChI is InChI=1S/C13H20N2O/c1-10-4-5-13(16-3)12(6-10)15(2)9-11-7-14-8-11/h4-6,11,14H,7-9H2,1-3H3. The molecule has 1 fully saturated rings. The smallest absolute Gasteiger partial charge is 0.142 e. The molecule has 1 aliphatic heterocycles. The summed E-state index contributed by atoms with van der Waals surface area (Å²) in [4.78, 5) is 2.29. The minimum atomic E-state index is 0.773. The lowest BCUT2D eigenvalue weighted by Crippen LogP contribution is -2.47. The number of hydrogen-bond acceptors (Lipinski definition) is 3. The van der Waals surface area contributed by atoms with E-state index < -0.39 is 0 Å². The van der Waals surface area contributed by atoms with Gasteiger partial charge in [-0.1, -0.05) is 6.07 Å². The van der Waals surface area contributed by atoms with Crippen LogP contribution in [0.25, 0.3) is 0 Å². The first-order chi connectivity index (χ1) is 7.70. The highest BCUT2D eigenvalue weighted by Gasteiger charge is 2.19. The van der Waals surface area contributed by atoms with Gasteiger partial charge in [-0.25, -0.2) is 0 Å². The van der Waals surface area contributed by atoms with Gasteiger partial charge in [0.1, 0.15) is 5.75 Å². The Bertz CT molecular complexity index is 361. The first-order valence-electron chi connectivity index (χ1n) is 5.77. The molecule has 3 nitrogen and oxygen atoms in total. The third-order valence-electron chi connectivity index (χ3n) is 3.14. The van der Waals surface area contributed by atoms with E-state index in [0.717, 1.165) is 31.3 Å². The highest BCUT2D eigenvalue weighted by Crippen LogP contribution is 2.29. The summed E-state index contributed by atoms with van der Waals surface area (Å²) >= 11 is 0. The van der Waals surface area contributed by atoms with Crippen LogP contribution in [-0.2, 0) is 0 Å². The molecule has 0 bridgehead atoms. The van der Waals surface area contributed by atoms with Crippen molar-refractivity contribution in [3.8, 4) is 5.75 Å². The van der Waals surface area contributed by atoms with E-state index in [-0.39, 0.29) is 0 Å². The summed E-state index contributed by atoms with van der Waals surface area (Å²) in [6.07, 6.45) is 0. The summed E-state index contributed by atoms with van der Waals surface area (Å²) in [5.41, 5.74) is 2.46. The predicted molar refractivity (Wildman–Crippen MR) is 67.4 cm³/mol. The molecule has 0 atom stereocenters. The number of rotatable bonds is 4. The maximum Gasteiger partial charge on any atom is 0.142 e. The number of anilines is 1. The van der Waals surface area contributed by atoms with Gasteiger partial charge in [-0.2, -0.15) is 0 Å². The molecule has 16 heavy (non-hydrogen) atoms. The van der Waals surface area contributed by atoms with E-state index in [4.69, 9.17) is 4.74 Å². The first-order valence-corrected chi connectivity index (χ1v) is 5.77. The summed E-state index contributed by atoms with van der Waals surface area (Å²) < 4.78 is 5.40. The summed E-state index contributed by atoms with van der Waals surface area (Å²) in [6, 6.07) is 6.31. The second-order valence-corrected chi connectivity index (χ2v) is 4.58. The van der Waals surface area contributed by atoms with Crippen LogP contribution in [0.4, 0.5) is 5.69 Å². The fourth-order valence-electron chi connectivity index (χ4n) is 2.06. The monoisotopic (exact) mass is 220 g/mol. The Hall–Kier alpha value is -1.22. The van der Waals surface area contributed by atoms with Crippen molar-refractivity contribution < 1.29 is 4.74 Å². The largest absolute Gasteiger partial charge is 0.495 e. The van der Waals surface area contributed by atoms with Gasteiger partial charge in [0.2, 0.25) is 0 Å². The van der Waals surface area contributed by atoms with Gasteiger partial charge >= 0.3 is 0 Å². The van der Waals surface area contributed by atoms with Crippen molar-refractivity contribution in [3.05, 3.63) is 23.8 Å². The number of hydrogen-bond donors (Lipinski definition) is 1. The quantitative estimate of drug-likeness (QED) is 0.835. The van der Waals surface area contributed by atoms with Crippen LogP contribution >= 0.6 is 0 Å². The fourth-order valence-corrected chi connectivity index (χ4v) is 2.06. The molecule has 1 aromatic rings. The van der Waals surface area contributed by atoms with Gasteiger partial charge in [-0.05, 0) is 24.6 Å². The van der Waals surface area contributed by atoms with Crippen molar-refractivity contribution in [2.24, 2.45) is 5.92 Å². The van der Waals surface area contributed by atoms with Crippen LogP contribution in [-0.4, -0.2) is 33.8 Å². The molecule has 0 radical (unpaired) electrons. The normalized spacial score (nSPS) is 15.7. The lowest BCUT2D eigenvalue weighted by molar-refractivity contribution is 0.351. The molecule has 1 N–H and O–H groups in total. The molecule has 0 amide bonds. The predicted octanol–water partition coefficient (Wildman–Crippen LogP) is 1.66. The molecular formula is C13H20N2O. The van der Waals surface area contributed by atoms with E-state index in [0.29, 0.717) is 0 Å². The fraction of sp³-hybridized carbons (Fsp3) is 0.538. The van der Waals surface area contributed by atoms with Gasteiger partial charge in [0.05, 0.1) is 12.8 Å². The maximum absolute atomic E-state index is 5.40. The van der Waals surface area contributed by atoms with Gasteiger partial charge in [-0.3, -0.25) is 0 Å². The summed E-state index contributed by atoms with van der Waals surface area (Å²) in [7, 11) is 3.86. The molecule has 1 aliphatic rings. The van der Waals surface area contributed by atoms with Crippen LogP contribution < -0.4 is 15.0 Å². The molecule has 0 saturated carbocycles. The average molecular weight is 220 g/mol. The number of ether oxygens (including phenoxy) is 1. The zero-order chi connectivity index (χ0) is 11.5. The lowest BCUT2D eigenvalue weighted by Gasteiger charge is -2.32. The molecular weight excluding hydrogens is 200 g/mol. The van der Waals surface area contributed by atoms with E-state index in [2.05, 4.69) is 36.3 Å². The topological polar surface area (TPSA) is 24.5 Å². The van der Waals surface area contributed by atoms with E-state index in [1.807, 2.05) is 6.07 Å². The maximum atomic E-state index is 5.40. The van der Waals surface area contributed by atoms with Gasteiger partial charge in [0.15, 0.2) is 0 Å². The lowest BCUT2D eigenvalue weighted by atomic mass is 10.0. The number of nitrogens with zero attached hydrogens (tertiary/aromatic N) is 1. The highest BCUT2D eigenvalue weighted by molar-refractivity contribution is 5.59. The molecule has 3 heteroatoms. The Labute approximate surface area is 97.4 Å². The molecule has 0 unspecified atom stereocenters. The second-order valence-electron chi connectivity index (χ2n) is 4.58. The van der Waals surface area contributed by atoms with Crippen molar-refractivity contribution in [3.63, 3.8) is 0 Å². The van der Waals surface area contributed by atoms with Crippen molar-refractivity contribution >= 4 is 5.69 Å². The van der Waals surface area contributed by atoms with E-state index in [9.17, 15) is 0 Å². The Balaban J connectivity index is 2.13. The van der Waals surface area contributed by atoms with Crippen LogP contribution in [0.3, 0.4) is 0 Å². The molecule has 0 aromatic heterocycles. The molecule has 1 aromatic carbocycles. The molecule has 2 rings (SSSR count). The van der Waals surface area contributed by atoms with Crippen LogP contribution in [0, 0.1) is 12.8 Å². The van der Waals surface area contributed by atoms with E-state index in [1.54, 1.807) is 7.11 Å². The van der Waals surface area contributed by atoms with Crippen LogP contribution in [0.1, 0.15) is 5.56 Å². The minimum absolute atomic E-state index is 0.773. The SMILES string of the molecule is COc1ccc(C)cc1N(C)CC1CNC1. The number of benzene rings is 1. The Morgan fingerprint density at radius 2 is 2.19 bits per heavy atom. The highest BCUT2D eigenvalue weighted by atomic mass is 16.5. The van der Waals surface area contributed by atoms with Crippen molar-refractivity contribution in [1.29, 1.82) is 0 Å². The minimum Gasteiger partial charge on any atom is -0.495 e. The van der Waals surface area contributed by atoms with Crippen LogP contribution in [0.15, 0.2) is 18.2 Å². The number of aryl methyl sites for hydroxylation is 1. The number of methoxy groups -OCH3 is 1. The van der Waals surface area contributed by atoms with E-state index in [1.165, 1.54) is 11.3 Å². The van der Waals surface area contributed by atoms with Gasteiger partial charge in [0.25, 0.3) is 0 Å². The molecule has 88 valence electrons. The summed E-state index contributed by atoms with van der Waals surface area (Å²) in [5, 5.41) is 3.30. The van der Waals surface area contributed by atoms with Gasteiger partial charge in [0, 0.05) is 32.6 Å². The Morgan fingerprint density at radius 1 is 1.44 bits per heavy atom. The zero-order valence-corrected chi connectivity index (χ0v) is 10.3. The molecule has 1 heterocycles. The van der Waals surface area contributed by atoms with E-state index >= 15 is 0 Å². The zero-order valence-electron chi connectivity index (χ0n) is 10.3. The van der Waals surface area contributed by atoms with Crippen molar-refractivity contribution in [2.75, 3.05) is 38.7 Å². The average Bonchev–Trinajstić information content (AvgIpc) is 2.23. The van der Waals surface area contributed by atoms with Crippen molar-refractivity contribution in [1.82, 2.24) is 5.32 Å². The van der Waals surface area contributed by atoms with Crippen LogP contribution in [0.2, 0.25) is 0 Å². The second kappa shape index (κ2) is 4.74.